The molecule has 1 aromatic heterocycles. The standard InChI is InChI=1S/C25H26ClN5O4/c1-27-24(32)22-15-20(10-13-29-22)34-18-5-2-16(3-6-18)30-25(33)31-17-4-7-23(21(26)14-17)35-19-8-11-28-12-9-19/h2-7,10,13-15,19,28H,8-9,11-12H2,1H3,(H,27,32)(H2,30,31,33). The number of piperidine rings is 1. The zero-order chi connectivity index (χ0) is 24.6. The molecular weight excluding hydrogens is 470 g/mol. The van der Waals surface area contributed by atoms with Gasteiger partial charge in [0.05, 0.1) is 5.02 Å². The number of hydrogen-bond donors (Lipinski definition) is 4. The van der Waals surface area contributed by atoms with Crippen LogP contribution in [-0.4, -0.2) is 43.2 Å². The summed E-state index contributed by atoms with van der Waals surface area (Å²) in [6.07, 6.45) is 3.50. The van der Waals surface area contributed by atoms with Crippen LogP contribution in [0.25, 0.3) is 0 Å². The van der Waals surface area contributed by atoms with E-state index in [1.807, 2.05) is 0 Å². The monoisotopic (exact) mass is 495 g/mol. The molecule has 2 aromatic carbocycles. The molecular formula is C25H26ClN5O4. The Bertz CT molecular complexity index is 1180. The van der Waals surface area contributed by atoms with E-state index in [2.05, 4.69) is 26.3 Å². The van der Waals surface area contributed by atoms with Crippen LogP contribution in [0.3, 0.4) is 0 Å². The number of rotatable bonds is 7. The van der Waals surface area contributed by atoms with Gasteiger partial charge in [-0.3, -0.25) is 9.78 Å². The minimum absolute atomic E-state index is 0.138. The summed E-state index contributed by atoms with van der Waals surface area (Å²) in [5.41, 5.74) is 1.38. The molecule has 1 fully saturated rings. The lowest BCUT2D eigenvalue weighted by atomic mass is 10.1. The van der Waals surface area contributed by atoms with Gasteiger partial charge >= 0.3 is 6.03 Å². The molecule has 9 nitrogen and oxygen atoms in total. The van der Waals surface area contributed by atoms with E-state index in [-0.39, 0.29) is 17.7 Å². The minimum Gasteiger partial charge on any atom is -0.489 e. The third-order valence-corrected chi connectivity index (χ3v) is 5.60. The van der Waals surface area contributed by atoms with Crippen molar-refractivity contribution in [1.29, 1.82) is 0 Å². The third-order valence-electron chi connectivity index (χ3n) is 5.31. The summed E-state index contributed by atoms with van der Waals surface area (Å²) in [5.74, 6) is 1.32. The second-order valence-corrected chi connectivity index (χ2v) is 8.28. The van der Waals surface area contributed by atoms with Crippen molar-refractivity contribution in [2.24, 2.45) is 0 Å². The van der Waals surface area contributed by atoms with Crippen LogP contribution in [0.15, 0.2) is 60.8 Å². The van der Waals surface area contributed by atoms with E-state index in [1.165, 1.54) is 13.2 Å². The zero-order valence-corrected chi connectivity index (χ0v) is 19.9. The topological polar surface area (TPSA) is 114 Å². The molecule has 0 aliphatic carbocycles. The Balaban J connectivity index is 1.30. The first-order valence-electron chi connectivity index (χ1n) is 11.2. The van der Waals surface area contributed by atoms with Crippen LogP contribution in [0.1, 0.15) is 23.3 Å². The van der Waals surface area contributed by atoms with E-state index in [0.29, 0.717) is 33.6 Å². The fourth-order valence-corrected chi connectivity index (χ4v) is 3.75. The number of benzene rings is 2. The van der Waals surface area contributed by atoms with Gasteiger partial charge in [-0.15, -0.1) is 0 Å². The highest BCUT2D eigenvalue weighted by Gasteiger charge is 2.16. The van der Waals surface area contributed by atoms with Gasteiger partial charge in [-0.2, -0.15) is 0 Å². The molecule has 10 heteroatoms. The molecule has 0 bridgehead atoms. The fourth-order valence-electron chi connectivity index (χ4n) is 3.53. The first kappa shape index (κ1) is 24.3. The SMILES string of the molecule is CNC(=O)c1cc(Oc2ccc(NC(=O)Nc3ccc(OC4CCNCC4)c(Cl)c3)cc2)ccn1. The van der Waals surface area contributed by atoms with E-state index >= 15 is 0 Å². The molecule has 0 saturated carbocycles. The predicted octanol–water partition coefficient (Wildman–Crippen LogP) is 4.66. The quantitative estimate of drug-likeness (QED) is 0.379. The summed E-state index contributed by atoms with van der Waals surface area (Å²) in [4.78, 5) is 28.1. The zero-order valence-electron chi connectivity index (χ0n) is 19.1. The van der Waals surface area contributed by atoms with Crippen molar-refractivity contribution >= 4 is 34.9 Å². The fraction of sp³-hybridized carbons (Fsp3) is 0.240. The highest BCUT2D eigenvalue weighted by Crippen LogP contribution is 2.30. The number of ether oxygens (including phenoxy) is 2. The van der Waals surface area contributed by atoms with Crippen molar-refractivity contribution in [1.82, 2.24) is 15.6 Å². The maximum atomic E-state index is 12.4. The molecule has 0 radical (unpaired) electrons. The van der Waals surface area contributed by atoms with Crippen LogP contribution >= 0.6 is 11.6 Å². The van der Waals surface area contributed by atoms with Gasteiger partial charge in [-0.05, 0) is 74.5 Å². The van der Waals surface area contributed by atoms with Crippen LogP contribution in [0.5, 0.6) is 17.2 Å². The highest BCUT2D eigenvalue weighted by molar-refractivity contribution is 6.32. The number of nitrogens with zero attached hydrogens (tertiary/aromatic N) is 1. The molecule has 0 spiro atoms. The summed E-state index contributed by atoms with van der Waals surface area (Å²) in [6, 6.07) is 14.8. The lowest BCUT2D eigenvalue weighted by Gasteiger charge is -2.24. The average molecular weight is 496 g/mol. The molecule has 182 valence electrons. The third kappa shape index (κ3) is 6.84. The van der Waals surface area contributed by atoms with Gasteiger partial charge in [0.25, 0.3) is 5.91 Å². The number of pyridine rings is 1. The van der Waals surface area contributed by atoms with Crippen molar-refractivity contribution < 1.29 is 19.1 Å². The lowest BCUT2D eigenvalue weighted by Crippen LogP contribution is -2.34. The number of halogens is 1. The smallest absolute Gasteiger partial charge is 0.323 e. The molecule has 3 amide bonds. The van der Waals surface area contributed by atoms with Crippen molar-refractivity contribution in [2.75, 3.05) is 30.8 Å². The van der Waals surface area contributed by atoms with E-state index in [1.54, 1.807) is 54.6 Å². The van der Waals surface area contributed by atoms with Gasteiger partial charge in [0.1, 0.15) is 29.0 Å². The number of carbonyl (C=O) groups excluding carboxylic acids is 2. The van der Waals surface area contributed by atoms with Crippen molar-refractivity contribution in [2.45, 2.75) is 18.9 Å². The second kappa shape index (κ2) is 11.5. The van der Waals surface area contributed by atoms with Gasteiger partial charge in [-0.25, -0.2) is 4.79 Å². The first-order valence-corrected chi connectivity index (χ1v) is 11.6. The van der Waals surface area contributed by atoms with E-state index in [9.17, 15) is 9.59 Å². The summed E-state index contributed by atoms with van der Waals surface area (Å²) in [6.45, 7) is 1.86. The first-order chi connectivity index (χ1) is 17.0. The molecule has 2 heterocycles. The van der Waals surface area contributed by atoms with Gasteiger partial charge in [0.15, 0.2) is 0 Å². The number of aromatic nitrogens is 1. The highest BCUT2D eigenvalue weighted by atomic mass is 35.5. The van der Waals surface area contributed by atoms with Gasteiger partial charge in [0.2, 0.25) is 0 Å². The molecule has 35 heavy (non-hydrogen) atoms. The second-order valence-electron chi connectivity index (χ2n) is 7.87. The van der Waals surface area contributed by atoms with Crippen molar-refractivity contribution in [3.05, 3.63) is 71.5 Å². The van der Waals surface area contributed by atoms with E-state index < -0.39 is 6.03 Å². The van der Waals surface area contributed by atoms with Crippen LogP contribution in [0.4, 0.5) is 16.2 Å². The van der Waals surface area contributed by atoms with Crippen LogP contribution in [0.2, 0.25) is 5.02 Å². The summed E-state index contributed by atoms with van der Waals surface area (Å²) >= 11 is 6.36. The molecule has 1 aliphatic heterocycles. The van der Waals surface area contributed by atoms with Crippen molar-refractivity contribution in [3.63, 3.8) is 0 Å². The average Bonchev–Trinajstić information content (AvgIpc) is 2.87. The lowest BCUT2D eigenvalue weighted by molar-refractivity contribution is 0.0957. The maximum absolute atomic E-state index is 12.4. The Morgan fingerprint density at radius 3 is 2.40 bits per heavy atom. The largest absolute Gasteiger partial charge is 0.489 e. The minimum atomic E-state index is -0.411. The van der Waals surface area contributed by atoms with E-state index in [0.717, 1.165) is 25.9 Å². The number of carbonyl (C=O) groups is 2. The summed E-state index contributed by atoms with van der Waals surface area (Å²) in [5, 5.41) is 11.8. The molecule has 4 rings (SSSR count). The van der Waals surface area contributed by atoms with Gasteiger partial charge < -0.3 is 30.7 Å². The van der Waals surface area contributed by atoms with Crippen molar-refractivity contribution in [3.8, 4) is 17.2 Å². The van der Waals surface area contributed by atoms with Crippen LogP contribution in [0, 0.1) is 0 Å². The van der Waals surface area contributed by atoms with Crippen LogP contribution in [-0.2, 0) is 0 Å². The molecule has 1 aliphatic rings. The van der Waals surface area contributed by atoms with Gasteiger partial charge in [-0.1, -0.05) is 11.6 Å². The number of urea groups is 1. The predicted molar refractivity (Wildman–Crippen MR) is 135 cm³/mol. The molecule has 0 unspecified atom stereocenters. The number of amides is 3. The molecule has 3 aromatic rings. The molecule has 1 saturated heterocycles. The summed E-state index contributed by atoms with van der Waals surface area (Å²) in [7, 11) is 1.54. The Labute approximate surface area is 208 Å². The molecule has 4 N–H and O–H groups in total. The van der Waals surface area contributed by atoms with Gasteiger partial charge in [0, 0.05) is 30.7 Å². The Morgan fingerprint density at radius 1 is 0.971 bits per heavy atom. The molecule has 0 atom stereocenters. The van der Waals surface area contributed by atoms with Crippen LogP contribution < -0.4 is 30.7 Å². The Kier molecular flexibility index (Phi) is 8.02. The Morgan fingerprint density at radius 2 is 1.69 bits per heavy atom. The number of hydrogen-bond acceptors (Lipinski definition) is 6. The maximum Gasteiger partial charge on any atom is 0.323 e. The summed E-state index contributed by atoms with van der Waals surface area (Å²) < 4.78 is 11.8. The Hall–Kier alpha value is -3.82. The number of anilines is 2. The van der Waals surface area contributed by atoms with E-state index in [4.69, 9.17) is 21.1 Å². The number of nitrogens with one attached hydrogen (secondary N) is 4. The normalized spacial score (nSPS) is 13.5.